The van der Waals surface area contributed by atoms with Crippen molar-refractivity contribution in [3.63, 3.8) is 0 Å². The molecule has 0 saturated heterocycles. The predicted octanol–water partition coefficient (Wildman–Crippen LogP) is 4.18. The van der Waals surface area contributed by atoms with Crippen LogP contribution < -0.4 is 5.32 Å². The zero-order valence-corrected chi connectivity index (χ0v) is 12.1. The number of benzene rings is 1. The molecule has 0 spiro atoms. The summed E-state index contributed by atoms with van der Waals surface area (Å²) in [4.78, 5) is 8.01. The lowest BCUT2D eigenvalue weighted by atomic mass is 10.1. The molecule has 0 amide bonds. The summed E-state index contributed by atoms with van der Waals surface area (Å²) in [5.41, 5.74) is 2.17. The molecule has 104 valence electrons. The minimum absolute atomic E-state index is 0.290. The molecule has 0 saturated carbocycles. The first-order chi connectivity index (χ1) is 9.31. The highest BCUT2D eigenvalue weighted by atomic mass is 15.0. The first-order valence-electron chi connectivity index (χ1n) is 7.49. The molecular formula is C16H25N3. The number of para-hydroxylation sites is 2. The van der Waals surface area contributed by atoms with E-state index in [0.29, 0.717) is 6.04 Å². The molecule has 19 heavy (non-hydrogen) atoms. The molecule has 1 aromatic carbocycles. The molecule has 0 aliphatic carbocycles. The van der Waals surface area contributed by atoms with Crippen LogP contribution in [0.5, 0.6) is 0 Å². The highest BCUT2D eigenvalue weighted by Gasteiger charge is 2.09. The van der Waals surface area contributed by atoms with Crippen molar-refractivity contribution in [3.8, 4) is 0 Å². The number of imidazole rings is 1. The van der Waals surface area contributed by atoms with Crippen molar-refractivity contribution in [1.29, 1.82) is 0 Å². The first kappa shape index (κ1) is 14.1. The monoisotopic (exact) mass is 259 g/mol. The summed E-state index contributed by atoms with van der Waals surface area (Å²) in [6.07, 6.45) is 6.61. The molecule has 3 heteroatoms. The number of aromatic nitrogens is 2. The Morgan fingerprint density at radius 1 is 1.16 bits per heavy atom. The number of fused-ring (bicyclic) bond motifs is 1. The summed E-state index contributed by atoms with van der Waals surface area (Å²) in [5, 5.41) is 3.54. The van der Waals surface area contributed by atoms with Crippen molar-refractivity contribution in [2.24, 2.45) is 0 Å². The van der Waals surface area contributed by atoms with Crippen LogP contribution in [-0.4, -0.2) is 16.5 Å². The summed E-state index contributed by atoms with van der Waals surface area (Å²) >= 11 is 0. The second-order valence-corrected chi connectivity index (χ2v) is 5.23. The molecule has 2 N–H and O–H groups in total. The third kappa shape index (κ3) is 4.06. The van der Waals surface area contributed by atoms with E-state index < -0.39 is 0 Å². The van der Waals surface area contributed by atoms with Gasteiger partial charge in [-0.25, -0.2) is 4.98 Å². The van der Waals surface area contributed by atoms with E-state index in [1.807, 2.05) is 18.2 Å². The van der Waals surface area contributed by atoms with Crippen LogP contribution in [0.25, 0.3) is 11.0 Å². The molecule has 2 rings (SSSR count). The number of hydrogen-bond donors (Lipinski definition) is 2. The zero-order valence-electron chi connectivity index (χ0n) is 12.1. The molecule has 2 aromatic rings. The topological polar surface area (TPSA) is 40.7 Å². The Kier molecular flexibility index (Phi) is 5.40. The van der Waals surface area contributed by atoms with Crippen LogP contribution in [0.1, 0.15) is 57.8 Å². The fourth-order valence-corrected chi connectivity index (χ4v) is 2.32. The van der Waals surface area contributed by atoms with Crippen LogP contribution in [0.4, 0.5) is 0 Å². The predicted molar refractivity (Wildman–Crippen MR) is 81.3 cm³/mol. The fourth-order valence-electron chi connectivity index (χ4n) is 2.32. The lowest BCUT2D eigenvalue weighted by Gasteiger charge is -2.10. The van der Waals surface area contributed by atoms with Crippen molar-refractivity contribution in [2.45, 2.75) is 52.0 Å². The van der Waals surface area contributed by atoms with E-state index in [0.717, 1.165) is 23.4 Å². The molecule has 0 aliphatic rings. The molecule has 0 aliphatic heterocycles. The second kappa shape index (κ2) is 7.29. The Bertz CT molecular complexity index is 456. The summed E-state index contributed by atoms with van der Waals surface area (Å²) < 4.78 is 0. The van der Waals surface area contributed by atoms with Crippen molar-refractivity contribution in [3.05, 3.63) is 30.1 Å². The van der Waals surface area contributed by atoms with E-state index in [-0.39, 0.29) is 0 Å². The summed E-state index contributed by atoms with van der Waals surface area (Å²) in [6.45, 7) is 5.49. The van der Waals surface area contributed by atoms with Crippen LogP contribution in [0.3, 0.4) is 0 Å². The normalized spacial score (nSPS) is 12.9. The Labute approximate surface area is 115 Å². The van der Waals surface area contributed by atoms with Crippen LogP contribution in [0, 0.1) is 0 Å². The van der Waals surface area contributed by atoms with E-state index in [1.54, 1.807) is 0 Å². The smallest absolute Gasteiger partial charge is 0.124 e. The first-order valence-corrected chi connectivity index (χ1v) is 7.49. The Morgan fingerprint density at radius 3 is 2.74 bits per heavy atom. The van der Waals surface area contributed by atoms with Crippen molar-refractivity contribution in [1.82, 2.24) is 15.3 Å². The van der Waals surface area contributed by atoms with Crippen molar-refractivity contribution < 1.29 is 0 Å². The maximum absolute atomic E-state index is 4.62. The molecule has 0 radical (unpaired) electrons. The molecule has 1 heterocycles. The number of aromatic amines is 1. The zero-order chi connectivity index (χ0) is 13.5. The fraction of sp³-hybridized carbons (Fsp3) is 0.562. The largest absolute Gasteiger partial charge is 0.341 e. The van der Waals surface area contributed by atoms with Gasteiger partial charge in [-0.3, -0.25) is 0 Å². The van der Waals surface area contributed by atoms with Gasteiger partial charge in [0.15, 0.2) is 0 Å². The summed E-state index contributed by atoms with van der Waals surface area (Å²) in [6, 6.07) is 8.48. The van der Waals surface area contributed by atoms with Gasteiger partial charge < -0.3 is 10.3 Å². The summed E-state index contributed by atoms with van der Waals surface area (Å²) in [5.74, 6) is 1.04. The molecule has 1 atom stereocenters. The van der Waals surface area contributed by atoms with Gasteiger partial charge in [-0.15, -0.1) is 0 Å². The number of unbranched alkanes of at least 4 members (excludes halogenated alkanes) is 4. The van der Waals surface area contributed by atoms with Crippen LogP contribution in [0.15, 0.2) is 24.3 Å². The van der Waals surface area contributed by atoms with Gasteiger partial charge in [0.2, 0.25) is 0 Å². The number of H-pyrrole nitrogens is 1. The minimum Gasteiger partial charge on any atom is -0.341 e. The lowest BCUT2D eigenvalue weighted by Crippen LogP contribution is -2.20. The van der Waals surface area contributed by atoms with E-state index in [9.17, 15) is 0 Å². The standard InChI is InChI=1S/C16H25N3/c1-3-4-5-6-9-12-17-13(2)16-18-14-10-7-8-11-15(14)19-16/h7-8,10-11,13,17H,3-6,9,12H2,1-2H3,(H,18,19). The number of hydrogen-bond acceptors (Lipinski definition) is 2. The third-order valence-electron chi connectivity index (χ3n) is 3.55. The highest BCUT2D eigenvalue weighted by Crippen LogP contribution is 2.15. The third-order valence-corrected chi connectivity index (χ3v) is 3.55. The van der Waals surface area contributed by atoms with E-state index >= 15 is 0 Å². The Balaban J connectivity index is 1.78. The highest BCUT2D eigenvalue weighted by molar-refractivity contribution is 5.74. The molecular weight excluding hydrogens is 234 g/mol. The SMILES string of the molecule is CCCCCCCNC(C)c1nc2ccccc2[nH]1. The maximum atomic E-state index is 4.62. The van der Waals surface area contributed by atoms with Gasteiger partial charge >= 0.3 is 0 Å². The average Bonchev–Trinajstić information content (AvgIpc) is 2.86. The van der Waals surface area contributed by atoms with Gasteiger partial charge in [0.25, 0.3) is 0 Å². The average molecular weight is 259 g/mol. The van der Waals surface area contributed by atoms with Crippen molar-refractivity contribution >= 4 is 11.0 Å². The number of rotatable bonds is 8. The molecule has 0 fully saturated rings. The van der Waals surface area contributed by atoms with Crippen LogP contribution >= 0.6 is 0 Å². The van der Waals surface area contributed by atoms with Crippen LogP contribution in [-0.2, 0) is 0 Å². The quantitative estimate of drug-likeness (QED) is 0.698. The summed E-state index contributed by atoms with van der Waals surface area (Å²) in [7, 11) is 0. The van der Waals surface area contributed by atoms with E-state index in [2.05, 4.69) is 35.2 Å². The molecule has 1 unspecified atom stereocenters. The molecule has 1 aromatic heterocycles. The van der Waals surface area contributed by atoms with Gasteiger partial charge in [-0.2, -0.15) is 0 Å². The lowest BCUT2D eigenvalue weighted by molar-refractivity contribution is 0.518. The van der Waals surface area contributed by atoms with Gasteiger partial charge in [0.05, 0.1) is 17.1 Å². The van der Waals surface area contributed by atoms with E-state index in [4.69, 9.17) is 0 Å². The number of nitrogens with zero attached hydrogens (tertiary/aromatic N) is 1. The van der Waals surface area contributed by atoms with Gasteiger partial charge in [0.1, 0.15) is 5.82 Å². The van der Waals surface area contributed by atoms with Gasteiger partial charge in [-0.1, -0.05) is 44.7 Å². The maximum Gasteiger partial charge on any atom is 0.124 e. The van der Waals surface area contributed by atoms with E-state index in [1.165, 1.54) is 32.1 Å². The van der Waals surface area contributed by atoms with Gasteiger partial charge in [0, 0.05) is 0 Å². The van der Waals surface area contributed by atoms with Gasteiger partial charge in [-0.05, 0) is 32.0 Å². The number of nitrogens with one attached hydrogen (secondary N) is 2. The van der Waals surface area contributed by atoms with Crippen molar-refractivity contribution in [2.75, 3.05) is 6.54 Å². The Hall–Kier alpha value is -1.35. The minimum atomic E-state index is 0.290. The Morgan fingerprint density at radius 2 is 1.95 bits per heavy atom. The second-order valence-electron chi connectivity index (χ2n) is 5.23. The molecule has 0 bridgehead atoms. The molecule has 3 nitrogen and oxygen atoms in total. The van der Waals surface area contributed by atoms with Crippen LogP contribution in [0.2, 0.25) is 0 Å².